The van der Waals surface area contributed by atoms with Gasteiger partial charge in [-0.1, -0.05) is 6.07 Å². The largest absolute Gasteiger partial charge is 0.331 e. The van der Waals surface area contributed by atoms with Gasteiger partial charge in [0.25, 0.3) is 5.91 Å². The molecule has 4 heterocycles. The Morgan fingerprint density at radius 2 is 2.19 bits per heavy atom. The maximum absolute atomic E-state index is 13.2. The average Bonchev–Trinajstić information content (AvgIpc) is 3.19. The summed E-state index contributed by atoms with van der Waals surface area (Å²) in [7, 11) is 0. The SMILES string of the molecule is CC(C)N(C(=O)c1csc(-c2nn(-c3ccc(C4CC4)cn3)cc2C#N)n1)[C@H]1CCNC1. The fraction of sp³-hybridized carbons (Fsp3) is 0.435. The molecule has 1 aliphatic heterocycles. The third-order valence-electron chi connectivity index (χ3n) is 6.03. The Bertz CT molecular complexity index is 1160. The van der Waals surface area contributed by atoms with Crippen LogP contribution in [0.1, 0.15) is 60.6 Å². The molecule has 32 heavy (non-hydrogen) atoms. The minimum atomic E-state index is -0.0773. The van der Waals surface area contributed by atoms with Crippen LogP contribution in [0.2, 0.25) is 0 Å². The van der Waals surface area contributed by atoms with Crippen LogP contribution in [0.15, 0.2) is 29.9 Å². The van der Waals surface area contributed by atoms with E-state index in [2.05, 4.69) is 32.5 Å². The number of pyridine rings is 1. The molecule has 1 atom stereocenters. The maximum Gasteiger partial charge on any atom is 0.273 e. The molecule has 0 unspecified atom stereocenters. The van der Waals surface area contributed by atoms with Crippen LogP contribution >= 0.6 is 11.3 Å². The van der Waals surface area contributed by atoms with E-state index in [9.17, 15) is 10.1 Å². The number of hydrogen-bond donors (Lipinski definition) is 1. The molecule has 3 aromatic rings. The summed E-state index contributed by atoms with van der Waals surface area (Å²) in [6.07, 6.45) is 6.95. The second-order valence-electron chi connectivity index (χ2n) is 8.66. The van der Waals surface area contributed by atoms with Crippen LogP contribution in [0.4, 0.5) is 0 Å². The van der Waals surface area contributed by atoms with Crippen LogP contribution < -0.4 is 5.32 Å². The zero-order chi connectivity index (χ0) is 22.2. The van der Waals surface area contributed by atoms with Crippen molar-refractivity contribution < 1.29 is 4.79 Å². The van der Waals surface area contributed by atoms with Crippen LogP contribution in [0, 0.1) is 11.3 Å². The molecule has 1 amide bonds. The molecule has 9 heteroatoms. The number of nitrogens with one attached hydrogen (secondary N) is 1. The Morgan fingerprint density at radius 3 is 2.81 bits per heavy atom. The van der Waals surface area contributed by atoms with Crippen molar-refractivity contribution in [3.05, 3.63) is 46.7 Å². The fourth-order valence-electron chi connectivity index (χ4n) is 4.23. The van der Waals surface area contributed by atoms with E-state index in [1.54, 1.807) is 16.3 Å². The lowest BCUT2D eigenvalue weighted by Gasteiger charge is -2.31. The second-order valence-corrected chi connectivity index (χ2v) is 9.52. The molecular weight excluding hydrogens is 422 g/mol. The van der Waals surface area contributed by atoms with E-state index in [0.717, 1.165) is 19.5 Å². The molecule has 1 saturated heterocycles. The van der Waals surface area contributed by atoms with Gasteiger partial charge in [-0.25, -0.2) is 14.6 Å². The van der Waals surface area contributed by atoms with E-state index in [1.807, 2.05) is 31.0 Å². The Hall–Kier alpha value is -3.09. The summed E-state index contributed by atoms with van der Waals surface area (Å²) in [5, 5.41) is 19.9. The van der Waals surface area contributed by atoms with Crippen LogP contribution in [0.5, 0.6) is 0 Å². The van der Waals surface area contributed by atoms with Crippen molar-refractivity contribution in [3.63, 3.8) is 0 Å². The molecule has 1 aliphatic carbocycles. The minimum Gasteiger partial charge on any atom is -0.331 e. The summed E-state index contributed by atoms with van der Waals surface area (Å²) in [4.78, 5) is 24.2. The van der Waals surface area contributed by atoms with E-state index < -0.39 is 0 Å². The van der Waals surface area contributed by atoms with Gasteiger partial charge < -0.3 is 10.2 Å². The third-order valence-corrected chi connectivity index (χ3v) is 6.88. The summed E-state index contributed by atoms with van der Waals surface area (Å²) in [5.41, 5.74) is 2.53. The number of carbonyl (C=O) groups is 1. The summed E-state index contributed by atoms with van der Waals surface area (Å²) in [6, 6.07) is 6.46. The predicted octanol–water partition coefficient (Wildman–Crippen LogP) is 3.35. The van der Waals surface area contributed by atoms with Crippen LogP contribution in [-0.2, 0) is 0 Å². The standard InChI is InChI=1S/C23H25N7OS/c1-14(2)30(18-7-8-25-11-18)23(31)19-13-32-22(27-19)21-17(9-24)12-29(28-21)20-6-5-16(10-26-20)15-3-4-15/h5-6,10,12-15,18,25H,3-4,7-8,11H2,1-2H3/t18-/m0/s1. The molecule has 2 aliphatic rings. The van der Waals surface area contributed by atoms with Crippen molar-refractivity contribution in [1.29, 1.82) is 5.26 Å². The van der Waals surface area contributed by atoms with Crippen LogP contribution in [-0.4, -0.2) is 55.7 Å². The minimum absolute atomic E-state index is 0.0773. The number of rotatable bonds is 6. The number of nitrogens with zero attached hydrogens (tertiary/aromatic N) is 6. The highest BCUT2D eigenvalue weighted by Crippen LogP contribution is 2.39. The highest BCUT2D eigenvalue weighted by atomic mass is 32.1. The molecular formula is C23H25N7OS. The first-order valence-electron chi connectivity index (χ1n) is 11.0. The lowest BCUT2D eigenvalue weighted by atomic mass is 10.1. The van der Waals surface area contributed by atoms with E-state index in [0.29, 0.717) is 33.7 Å². The molecule has 164 valence electrons. The van der Waals surface area contributed by atoms with Gasteiger partial charge in [-0.3, -0.25) is 4.79 Å². The van der Waals surface area contributed by atoms with Gasteiger partial charge >= 0.3 is 0 Å². The van der Waals surface area contributed by atoms with Gasteiger partial charge in [0.1, 0.15) is 28.0 Å². The van der Waals surface area contributed by atoms with Crippen molar-refractivity contribution in [3.8, 4) is 22.6 Å². The normalized spacial score (nSPS) is 18.1. The molecule has 5 rings (SSSR count). The highest BCUT2D eigenvalue weighted by Gasteiger charge is 2.31. The van der Waals surface area contributed by atoms with Crippen LogP contribution in [0.25, 0.3) is 16.5 Å². The summed E-state index contributed by atoms with van der Waals surface area (Å²) < 4.78 is 1.61. The van der Waals surface area contributed by atoms with Crippen molar-refractivity contribution in [2.24, 2.45) is 0 Å². The Morgan fingerprint density at radius 1 is 1.34 bits per heavy atom. The van der Waals surface area contributed by atoms with E-state index in [-0.39, 0.29) is 18.0 Å². The zero-order valence-electron chi connectivity index (χ0n) is 18.2. The smallest absolute Gasteiger partial charge is 0.273 e. The molecule has 8 nitrogen and oxygen atoms in total. The first kappa shape index (κ1) is 20.8. The summed E-state index contributed by atoms with van der Waals surface area (Å²) in [5.74, 6) is 1.22. The molecule has 0 radical (unpaired) electrons. The first-order valence-corrected chi connectivity index (χ1v) is 11.9. The van der Waals surface area contributed by atoms with E-state index in [4.69, 9.17) is 0 Å². The fourth-order valence-corrected chi connectivity index (χ4v) is 5.02. The number of carbonyl (C=O) groups excluding carboxylic acids is 1. The van der Waals surface area contributed by atoms with Gasteiger partial charge in [0, 0.05) is 30.2 Å². The molecule has 1 N–H and O–H groups in total. The molecule has 2 fully saturated rings. The molecule has 3 aromatic heterocycles. The van der Waals surface area contributed by atoms with Gasteiger partial charge in [0.15, 0.2) is 5.82 Å². The van der Waals surface area contributed by atoms with Gasteiger partial charge in [-0.15, -0.1) is 11.3 Å². The quantitative estimate of drug-likeness (QED) is 0.622. The lowest BCUT2D eigenvalue weighted by molar-refractivity contribution is 0.0621. The zero-order valence-corrected chi connectivity index (χ0v) is 19.0. The van der Waals surface area contributed by atoms with Crippen molar-refractivity contribution >= 4 is 17.2 Å². The molecule has 0 bridgehead atoms. The Labute approximate surface area is 190 Å². The van der Waals surface area contributed by atoms with Gasteiger partial charge in [0.05, 0.1) is 6.20 Å². The van der Waals surface area contributed by atoms with Crippen molar-refractivity contribution in [2.45, 2.75) is 51.1 Å². The average molecular weight is 448 g/mol. The maximum atomic E-state index is 13.2. The molecule has 1 saturated carbocycles. The summed E-state index contributed by atoms with van der Waals surface area (Å²) in [6.45, 7) is 5.78. The second kappa shape index (κ2) is 8.45. The van der Waals surface area contributed by atoms with Gasteiger partial charge in [-0.05, 0) is 57.2 Å². The van der Waals surface area contributed by atoms with Crippen LogP contribution in [0.3, 0.4) is 0 Å². The number of nitriles is 1. The number of aromatic nitrogens is 4. The topological polar surface area (TPSA) is 99.7 Å². The predicted molar refractivity (Wildman–Crippen MR) is 122 cm³/mol. The number of amides is 1. The van der Waals surface area contributed by atoms with Crippen molar-refractivity contribution in [2.75, 3.05) is 13.1 Å². The lowest BCUT2D eigenvalue weighted by Crippen LogP contribution is -2.46. The van der Waals surface area contributed by atoms with E-state index in [1.165, 1.54) is 29.7 Å². The van der Waals surface area contributed by atoms with E-state index >= 15 is 0 Å². The first-order chi connectivity index (χ1) is 15.5. The van der Waals surface area contributed by atoms with Gasteiger partial charge in [-0.2, -0.15) is 10.4 Å². The Kier molecular flexibility index (Phi) is 5.49. The number of thiazole rings is 1. The monoisotopic (exact) mass is 447 g/mol. The number of hydrogen-bond acceptors (Lipinski definition) is 7. The summed E-state index contributed by atoms with van der Waals surface area (Å²) >= 11 is 1.33. The highest BCUT2D eigenvalue weighted by molar-refractivity contribution is 7.13. The van der Waals surface area contributed by atoms with Crippen molar-refractivity contribution in [1.82, 2.24) is 30.0 Å². The van der Waals surface area contributed by atoms with Gasteiger partial charge in [0.2, 0.25) is 0 Å². The Balaban J connectivity index is 1.42. The molecule has 0 aromatic carbocycles. The third kappa shape index (κ3) is 3.92. The molecule has 0 spiro atoms.